The van der Waals surface area contributed by atoms with E-state index in [1.54, 1.807) is 0 Å². The summed E-state index contributed by atoms with van der Waals surface area (Å²) in [6.45, 7) is 11.9. The molecule has 6 nitrogen and oxygen atoms in total. The van der Waals surface area contributed by atoms with Gasteiger partial charge in [0.15, 0.2) is 0 Å². The smallest absolute Gasteiger partial charge is 0.220 e. The number of nitrogens with one attached hydrogen (secondary N) is 2. The fraction of sp³-hybridized carbons (Fsp3) is 0.606. The predicted octanol–water partition coefficient (Wildman–Crippen LogP) is 5.14. The molecule has 1 amide bonds. The molecule has 1 fully saturated rings. The highest BCUT2D eigenvalue weighted by Crippen LogP contribution is 1.99. The Morgan fingerprint density at radius 1 is 0.795 bits per heavy atom. The molecule has 1 saturated heterocycles. The number of carbonyl (C=O) groups excluding carboxylic acids is 1. The molecule has 4 N–H and O–H groups in total. The molecule has 1 rings (SSSR count). The standard InChI is InChI=1S/C33H57N5O/c1-2-3-4-5-6-7-8-9-10-11-12-13-14-15-16-17-18-19-20-22-33(39)36-26-32-37(29-23-34)27-21-28-38-30-24-35-25-31-38/h3-4,6-7,9-10,12-13,15-16,18-19,35H,2,5,8,11,14,17,20-32,34H2,1H3,(H,36,39). The van der Waals surface area contributed by atoms with Gasteiger partial charge in [-0.3, -0.25) is 4.79 Å². The lowest BCUT2D eigenvalue weighted by molar-refractivity contribution is -0.121. The minimum Gasteiger partial charge on any atom is -0.355 e. The van der Waals surface area contributed by atoms with Crippen LogP contribution in [0.5, 0.6) is 0 Å². The van der Waals surface area contributed by atoms with Crippen LogP contribution in [0.4, 0.5) is 0 Å². The molecular formula is C33H57N5O. The molecule has 0 aromatic carbocycles. The van der Waals surface area contributed by atoms with Crippen LogP contribution >= 0.6 is 0 Å². The second-order valence-electron chi connectivity index (χ2n) is 9.88. The highest BCUT2D eigenvalue weighted by molar-refractivity contribution is 5.75. The number of piperazine rings is 1. The molecule has 0 aliphatic carbocycles. The van der Waals surface area contributed by atoms with Gasteiger partial charge in [0.25, 0.3) is 0 Å². The lowest BCUT2D eigenvalue weighted by Gasteiger charge is -2.28. The van der Waals surface area contributed by atoms with Crippen molar-refractivity contribution in [1.82, 2.24) is 20.4 Å². The van der Waals surface area contributed by atoms with Crippen LogP contribution in [0, 0.1) is 0 Å². The second kappa shape index (κ2) is 27.3. The first-order valence-corrected chi connectivity index (χ1v) is 15.3. The molecule has 0 aromatic rings. The molecule has 0 bridgehead atoms. The first-order chi connectivity index (χ1) is 19.3. The van der Waals surface area contributed by atoms with Gasteiger partial charge in [0.1, 0.15) is 0 Å². The zero-order valence-electron chi connectivity index (χ0n) is 24.7. The van der Waals surface area contributed by atoms with E-state index in [1.807, 2.05) is 0 Å². The molecule has 0 saturated carbocycles. The Morgan fingerprint density at radius 2 is 1.33 bits per heavy atom. The SMILES string of the molecule is CCC=CCC=CCC=CCC=CCC=CCC=CCCC(=O)NCCN(CCN)CCCN1CCNCC1. The van der Waals surface area contributed by atoms with Crippen molar-refractivity contribution in [3.8, 4) is 0 Å². The molecule has 1 heterocycles. The summed E-state index contributed by atoms with van der Waals surface area (Å²) >= 11 is 0. The van der Waals surface area contributed by atoms with Gasteiger partial charge in [0.2, 0.25) is 5.91 Å². The molecule has 0 unspecified atom stereocenters. The van der Waals surface area contributed by atoms with E-state index in [0.29, 0.717) is 19.5 Å². The van der Waals surface area contributed by atoms with Gasteiger partial charge in [0.05, 0.1) is 0 Å². The van der Waals surface area contributed by atoms with Gasteiger partial charge in [0, 0.05) is 58.8 Å². The Balaban J connectivity index is 2.00. The molecular weight excluding hydrogens is 482 g/mol. The molecule has 0 radical (unpaired) electrons. The van der Waals surface area contributed by atoms with Gasteiger partial charge in [-0.1, -0.05) is 79.8 Å². The van der Waals surface area contributed by atoms with Crippen molar-refractivity contribution in [2.45, 2.75) is 64.7 Å². The van der Waals surface area contributed by atoms with Crippen molar-refractivity contribution < 1.29 is 4.79 Å². The average Bonchev–Trinajstić information content (AvgIpc) is 2.95. The Hall–Kier alpha value is -2.25. The van der Waals surface area contributed by atoms with E-state index in [1.165, 1.54) is 0 Å². The van der Waals surface area contributed by atoms with E-state index in [2.05, 4.69) is 100 Å². The van der Waals surface area contributed by atoms with Crippen LogP contribution in [0.1, 0.15) is 64.7 Å². The number of carbonyl (C=O) groups is 1. The zero-order valence-corrected chi connectivity index (χ0v) is 24.7. The number of allylic oxidation sites excluding steroid dienone is 12. The van der Waals surface area contributed by atoms with Crippen molar-refractivity contribution in [3.63, 3.8) is 0 Å². The first kappa shape index (κ1) is 34.8. The fourth-order valence-corrected chi connectivity index (χ4v) is 4.27. The van der Waals surface area contributed by atoms with Crippen molar-refractivity contribution >= 4 is 5.91 Å². The average molecular weight is 540 g/mol. The number of amides is 1. The van der Waals surface area contributed by atoms with Crippen LogP contribution in [0.2, 0.25) is 0 Å². The van der Waals surface area contributed by atoms with E-state index >= 15 is 0 Å². The zero-order chi connectivity index (χ0) is 28.1. The van der Waals surface area contributed by atoms with E-state index < -0.39 is 0 Å². The minimum atomic E-state index is 0.128. The second-order valence-corrected chi connectivity index (χ2v) is 9.88. The number of rotatable bonds is 23. The Bertz CT molecular complexity index is 747. The molecule has 220 valence electrons. The van der Waals surface area contributed by atoms with E-state index in [9.17, 15) is 4.79 Å². The number of nitrogens with two attached hydrogens (primary N) is 1. The van der Waals surface area contributed by atoms with Crippen LogP contribution in [-0.2, 0) is 4.79 Å². The molecule has 1 aliphatic rings. The normalized spacial score (nSPS) is 15.6. The quantitative estimate of drug-likeness (QED) is 0.157. The van der Waals surface area contributed by atoms with Crippen molar-refractivity contribution in [1.29, 1.82) is 0 Å². The molecule has 39 heavy (non-hydrogen) atoms. The van der Waals surface area contributed by atoms with Crippen LogP contribution in [0.3, 0.4) is 0 Å². The van der Waals surface area contributed by atoms with E-state index in [-0.39, 0.29) is 5.91 Å². The van der Waals surface area contributed by atoms with Crippen molar-refractivity contribution in [3.05, 3.63) is 72.9 Å². The third-order valence-corrected chi connectivity index (χ3v) is 6.49. The lowest BCUT2D eigenvalue weighted by atomic mass is 10.2. The Labute approximate surface area is 239 Å². The van der Waals surface area contributed by atoms with Crippen LogP contribution < -0.4 is 16.4 Å². The summed E-state index contributed by atoms with van der Waals surface area (Å²) in [7, 11) is 0. The Kier molecular flexibility index (Phi) is 24.4. The van der Waals surface area contributed by atoms with Crippen LogP contribution in [0.15, 0.2) is 72.9 Å². The summed E-state index contributed by atoms with van der Waals surface area (Å²) in [5.74, 6) is 0.128. The van der Waals surface area contributed by atoms with E-state index in [0.717, 1.165) is 104 Å². The number of hydrogen-bond donors (Lipinski definition) is 3. The molecule has 0 aromatic heterocycles. The first-order valence-electron chi connectivity index (χ1n) is 15.3. The lowest BCUT2D eigenvalue weighted by Crippen LogP contribution is -2.44. The van der Waals surface area contributed by atoms with Crippen molar-refractivity contribution in [2.75, 3.05) is 65.4 Å². The molecule has 0 atom stereocenters. The Morgan fingerprint density at radius 3 is 1.87 bits per heavy atom. The highest BCUT2D eigenvalue weighted by atomic mass is 16.1. The summed E-state index contributed by atoms with van der Waals surface area (Å²) in [5, 5.41) is 6.46. The summed E-state index contributed by atoms with van der Waals surface area (Å²) in [4.78, 5) is 17.0. The van der Waals surface area contributed by atoms with E-state index in [4.69, 9.17) is 5.73 Å². The van der Waals surface area contributed by atoms with Gasteiger partial charge >= 0.3 is 0 Å². The fourth-order valence-electron chi connectivity index (χ4n) is 4.27. The third kappa shape index (κ3) is 23.4. The largest absolute Gasteiger partial charge is 0.355 e. The monoisotopic (exact) mass is 539 g/mol. The maximum absolute atomic E-state index is 12.2. The van der Waals surface area contributed by atoms with Crippen molar-refractivity contribution in [2.24, 2.45) is 5.73 Å². The van der Waals surface area contributed by atoms with Gasteiger partial charge in [-0.05, 0) is 64.5 Å². The summed E-state index contributed by atoms with van der Waals surface area (Å²) in [6.07, 6.45) is 34.8. The summed E-state index contributed by atoms with van der Waals surface area (Å²) in [5.41, 5.74) is 5.79. The molecule has 0 spiro atoms. The topological polar surface area (TPSA) is 73.6 Å². The summed E-state index contributed by atoms with van der Waals surface area (Å²) in [6, 6.07) is 0. The molecule has 6 heteroatoms. The maximum atomic E-state index is 12.2. The number of nitrogens with zero attached hydrogens (tertiary/aromatic N) is 2. The number of hydrogen-bond acceptors (Lipinski definition) is 5. The predicted molar refractivity (Wildman–Crippen MR) is 170 cm³/mol. The van der Waals surface area contributed by atoms with Crippen LogP contribution in [-0.4, -0.2) is 81.2 Å². The highest BCUT2D eigenvalue weighted by Gasteiger charge is 2.10. The molecule has 1 aliphatic heterocycles. The van der Waals surface area contributed by atoms with Crippen LogP contribution in [0.25, 0.3) is 0 Å². The maximum Gasteiger partial charge on any atom is 0.220 e. The van der Waals surface area contributed by atoms with Gasteiger partial charge in [-0.25, -0.2) is 0 Å². The minimum absolute atomic E-state index is 0.128. The van der Waals surface area contributed by atoms with Gasteiger partial charge in [-0.2, -0.15) is 0 Å². The third-order valence-electron chi connectivity index (χ3n) is 6.49. The summed E-state index contributed by atoms with van der Waals surface area (Å²) < 4.78 is 0. The van der Waals surface area contributed by atoms with Gasteiger partial charge < -0.3 is 26.2 Å². The van der Waals surface area contributed by atoms with Gasteiger partial charge in [-0.15, -0.1) is 0 Å².